The fraction of sp³-hybridized carbons (Fsp3) is 0.333. The number of imidazole rings is 1. The molecule has 3 heteroatoms. The Morgan fingerprint density at radius 3 is 3.11 bits per heavy atom. The molecule has 0 bridgehead atoms. The highest BCUT2D eigenvalue weighted by molar-refractivity contribution is 5.03. The second-order valence-corrected chi connectivity index (χ2v) is 1.83. The quantitative estimate of drug-likeness (QED) is 0.542. The van der Waals surface area contributed by atoms with Crippen LogP contribution in [-0.4, -0.2) is 9.55 Å². The monoisotopic (exact) mass is 121 g/mol. The number of hydrogen-bond acceptors (Lipinski definition) is 2. The molecule has 9 heavy (non-hydrogen) atoms. The summed E-state index contributed by atoms with van der Waals surface area (Å²) in [5.74, 6) is 0. The molecular weight excluding hydrogens is 114 g/mol. The summed E-state index contributed by atoms with van der Waals surface area (Å²) in [5.41, 5.74) is 0.956. The molecule has 0 spiro atoms. The molecule has 1 aromatic heterocycles. The summed E-state index contributed by atoms with van der Waals surface area (Å²) in [4.78, 5) is 3.85. The summed E-state index contributed by atoms with van der Waals surface area (Å²) < 4.78 is 1.84. The molecule has 0 aliphatic rings. The lowest BCUT2D eigenvalue weighted by molar-refractivity contribution is 0.854. The van der Waals surface area contributed by atoms with E-state index in [4.69, 9.17) is 5.26 Å². The van der Waals surface area contributed by atoms with Crippen molar-refractivity contribution in [1.82, 2.24) is 9.55 Å². The second kappa shape index (κ2) is 2.31. The predicted octanol–water partition coefficient (Wildman–Crippen LogP) is 0.486. The highest BCUT2D eigenvalue weighted by atomic mass is 15.0. The molecule has 0 N–H and O–H groups in total. The van der Waals surface area contributed by atoms with Crippen LogP contribution in [0.3, 0.4) is 0 Å². The minimum atomic E-state index is 0.441. The van der Waals surface area contributed by atoms with Crippen LogP contribution < -0.4 is 0 Å². The van der Waals surface area contributed by atoms with E-state index < -0.39 is 0 Å². The smallest absolute Gasteiger partial charge is 0.0945 e. The van der Waals surface area contributed by atoms with Crippen LogP contribution in [-0.2, 0) is 13.5 Å². The average molecular weight is 121 g/mol. The van der Waals surface area contributed by atoms with Gasteiger partial charge in [-0.3, -0.25) is 0 Å². The lowest BCUT2D eigenvalue weighted by Crippen LogP contribution is -1.91. The molecular formula is C6H7N3. The van der Waals surface area contributed by atoms with E-state index in [0.717, 1.165) is 5.69 Å². The maximum atomic E-state index is 8.27. The fourth-order valence-corrected chi connectivity index (χ4v) is 0.636. The summed E-state index contributed by atoms with van der Waals surface area (Å²) in [6.07, 6.45) is 3.83. The standard InChI is InChI=1S/C6H7N3/c1-9-5-8-4-6(9)2-3-7/h4-5H,2H2,1H3. The Morgan fingerprint density at radius 1 is 1.89 bits per heavy atom. The minimum absolute atomic E-state index is 0.441. The van der Waals surface area contributed by atoms with Crippen molar-refractivity contribution in [2.24, 2.45) is 7.05 Å². The van der Waals surface area contributed by atoms with Gasteiger partial charge in [-0.15, -0.1) is 0 Å². The molecule has 0 atom stereocenters. The molecule has 0 amide bonds. The molecule has 0 aliphatic heterocycles. The molecule has 0 aliphatic carbocycles. The minimum Gasteiger partial charge on any atom is -0.337 e. The fourth-order valence-electron chi connectivity index (χ4n) is 0.636. The first-order valence-electron chi connectivity index (χ1n) is 2.66. The zero-order valence-electron chi connectivity index (χ0n) is 5.20. The Morgan fingerprint density at radius 2 is 2.67 bits per heavy atom. The molecule has 3 nitrogen and oxygen atoms in total. The van der Waals surface area contributed by atoms with Gasteiger partial charge in [-0.25, -0.2) is 4.98 Å². The number of aromatic nitrogens is 2. The molecule has 0 radical (unpaired) electrons. The van der Waals surface area contributed by atoms with Gasteiger partial charge in [0.05, 0.1) is 24.5 Å². The van der Waals surface area contributed by atoms with Crippen LogP contribution in [0.25, 0.3) is 0 Å². The van der Waals surface area contributed by atoms with Crippen LogP contribution in [0.4, 0.5) is 0 Å². The van der Waals surface area contributed by atoms with E-state index in [0.29, 0.717) is 6.42 Å². The van der Waals surface area contributed by atoms with E-state index in [2.05, 4.69) is 11.1 Å². The molecule has 0 saturated heterocycles. The van der Waals surface area contributed by atoms with Gasteiger partial charge in [0, 0.05) is 13.2 Å². The van der Waals surface area contributed by atoms with Crippen LogP contribution in [0.2, 0.25) is 0 Å². The van der Waals surface area contributed by atoms with Gasteiger partial charge in [-0.1, -0.05) is 0 Å². The Kier molecular flexibility index (Phi) is 1.50. The third-order valence-electron chi connectivity index (χ3n) is 1.18. The zero-order chi connectivity index (χ0) is 6.69. The molecule has 0 aromatic carbocycles. The van der Waals surface area contributed by atoms with Crippen molar-refractivity contribution < 1.29 is 0 Å². The van der Waals surface area contributed by atoms with Gasteiger partial charge in [-0.05, 0) is 0 Å². The summed E-state index contributed by atoms with van der Waals surface area (Å²) in [7, 11) is 1.87. The highest BCUT2D eigenvalue weighted by Crippen LogP contribution is 1.94. The molecule has 1 aromatic rings. The lowest BCUT2D eigenvalue weighted by Gasteiger charge is -1.91. The van der Waals surface area contributed by atoms with E-state index in [1.54, 1.807) is 12.5 Å². The first-order valence-corrected chi connectivity index (χ1v) is 2.66. The molecule has 46 valence electrons. The zero-order valence-corrected chi connectivity index (χ0v) is 5.20. The molecule has 0 fully saturated rings. The van der Waals surface area contributed by atoms with Crippen LogP contribution in [0.5, 0.6) is 0 Å². The number of nitriles is 1. The largest absolute Gasteiger partial charge is 0.337 e. The van der Waals surface area contributed by atoms with E-state index in [1.165, 1.54) is 0 Å². The summed E-state index contributed by atoms with van der Waals surface area (Å²) in [5, 5.41) is 8.27. The lowest BCUT2D eigenvalue weighted by atomic mass is 10.4. The molecule has 1 heterocycles. The van der Waals surface area contributed by atoms with Gasteiger partial charge in [0.15, 0.2) is 0 Å². The van der Waals surface area contributed by atoms with E-state index >= 15 is 0 Å². The SMILES string of the molecule is Cn1cncc1CC#N. The molecule has 0 saturated carbocycles. The van der Waals surface area contributed by atoms with Gasteiger partial charge in [0.1, 0.15) is 0 Å². The summed E-state index contributed by atoms with van der Waals surface area (Å²) in [6.45, 7) is 0. The molecule has 0 unspecified atom stereocenters. The van der Waals surface area contributed by atoms with Gasteiger partial charge in [0.2, 0.25) is 0 Å². The Balaban J connectivity index is 2.84. The summed E-state index contributed by atoms with van der Waals surface area (Å²) in [6, 6.07) is 2.05. The van der Waals surface area contributed by atoms with Crippen molar-refractivity contribution in [2.45, 2.75) is 6.42 Å². The Bertz CT molecular complexity index is 231. The van der Waals surface area contributed by atoms with E-state index in [9.17, 15) is 0 Å². The van der Waals surface area contributed by atoms with Crippen molar-refractivity contribution in [2.75, 3.05) is 0 Å². The first-order chi connectivity index (χ1) is 4.34. The predicted molar refractivity (Wildman–Crippen MR) is 32.5 cm³/mol. The van der Waals surface area contributed by atoms with E-state index in [1.807, 2.05) is 11.6 Å². The van der Waals surface area contributed by atoms with E-state index in [-0.39, 0.29) is 0 Å². The van der Waals surface area contributed by atoms with Gasteiger partial charge >= 0.3 is 0 Å². The van der Waals surface area contributed by atoms with Crippen molar-refractivity contribution in [1.29, 1.82) is 5.26 Å². The van der Waals surface area contributed by atoms with Gasteiger partial charge in [0.25, 0.3) is 0 Å². The average Bonchev–Trinajstić information content (AvgIpc) is 2.18. The highest BCUT2D eigenvalue weighted by Gasteiger charge is 1.93. The van der Waals surface area contributed by atoms with Crippen molar-refractivity contribution in [3.8, 4) is 6.07 Å². The Hall–Kier alpha value is -1.30. The molecule has 1 rings (SSSR count). The maximum absolute atomic E-state index is 8.27. The third kappa shape index (κ3) is 1.08. The maximum Gasteiger partial charge on any atom is 0.0945 e. The van der Waals surface area contributed by atoms with Crippen LogP contribution in [0.15, 0.2) is 12.5 Å². The normalized spacial score (nSPS) is 8.89. The van der Waals surface area contributed by atoms with Crippen LogP contribution in [0, 0.1) is 11.3 Å². The van der Waals surface area contributed by atoms with Gasteiger partial charge in [-0.2, -0.15) is 5.26 Å². The number of hydrogen-bond donors (Lipinski definition) is 0. The Labute approximate surface area is 53.6 Å². The third-order valence-corrected chi connectivity index (χ3v) is 1.18. The van der Waals surface area contributed by atoms with Crippen LogP contribution >= 0.6 is 0 Å². The second-order valence-electron chi connectivity index (χ2n) is 1.83. The summed E-state index contributed by atoms with van der Waals surface area (Å²) >= 11 is 0. The van der Waals surface area contributed by atoms with Crippen molar-refractivity contribution in [3.05, 3.63) is 18.2 Å². The first kappa shape index (κ1) is 5.83. The van der Waals surface area contributed by atoms with Gasteiger partial charge < -0.3 is 4.57 Å². The van der Waals surface area contributed by atoms with Crippen molar-refractivity contribution >= 4 is 0 Å². The topological polar surface area (TPSA) is 41.6 Å². The number of nitrogens with zero attached hydrogens (tertiary/aromatic N) is 3. The number of rotatable bonds is 1. The van der Waals surface area contributed by atoms with Crippen molar-refractivity contribution in [3.63, 3.8) is 0 Å². The number of aryl methyl sites for hydroxylation is 1. The van der Waals surface area contributed by atoms with Crippen LogP contribution in [0.1, 0.15) is 5.69 Å².